The Morgan fingerprint density at radius 1 is 1.62 bits per heavy atom. The number of aldehydes is 1. The predicted octanol–water partition coefficient (Wildman–Crippen LogP) is -1.03. The fraction of sp³-hybridized carbons (Fsp3) is 0.500. The van der Waals surface area contributed by atoms with Crippen molar-refractivity contribution in [3.63, 3.8) is 0 Å². The number of hydrogen-bond donors (Lipinski definition) is 1. The molecule has 1 N–H and O–H groups in total. The number of hydrogen-bond acceptors (Lipinski definition) is 4. The minimum Gasteiger partial charge on any atom is -0.463 e. The van der Waals surface area contributed by atoms with Gasteiger partial charge in [0, 0.05) is 7.11 Å². The number of methoxy groups -OCH3 is 1. The number of aliphatic hydroxyl groups excluding tert-OH is 1. The summed E-state index contributed by atoms with van der Waals surface area (Å²) in [5, 5.41) is 7.00. The molecule has 0 aliphatic heterocycles. The molecule has 0 saturated heterocycles. The molecule has 0 aromatic heterocycles. The van der Waals surface area contributed by atoms with E-state index in [0.717, 1.165) is 14.2 Å². The van der Waals surface area contributed by atoms with Gasteiger partial charge in [-0.2, -0.15) is 0 Å². The van der Waals surface area contributed by atoms with Gasteiger partial charge in [-0.1, -0.05) is 0 Å². The number of rotatable bonds is 1. The Kier molecular flexibility index (Phi) is 12.0. The lowest BCUT2D eigenvalue weighted by Crippen LogP contribution is -1.98. The van der Waals surface area contributed by atoms with Crippen LogP contribution in [0.3, 0.4) is 0 Å². The van der Waals surface area contributed by atoms with E-state index in [4.69, 9.17) is 5.11 Å². The van der Waals surface area contributed by atoms with Crippen LogP contribution in [0, 0.1) is 0 Å². The fourth-order valence-corrected chi connectivity index (χ4v) is 0.0481. The lowest BCUT2D eigenvalue weighted by molar-refractivity contribution is -0.146. The molecule has 0 heterocycles. The van der Waals surface area contributed by atoms with Crippen molar-refractivity contribution < 1.29 is 19.4 Å². The molecule has 0 saturated carbocycles. The van der Waals surface area contributed by atoms with E-state index in [-0.39, 0.29) is 6.29 Å². The first-order chi connectivity index (χ1) is 3.81. The van der Waals surface area contributed by atoms with Gasteiger partial charge < -0.3 is 9.84 Å². The molecule has 0 rings (SSSR count). The predicted molar refractivity (Wildman–Crippen MR) is 26.2 cm³/mol. The zero-order valence-electron chi connectivity index (χ0n) is 4.75. The molecule has 0 aliphatic rings. The van der Waals surface area contributed by atoms with Crippen LogP contribution in [0.1, 0.15) is 0 Å². The summed E-state index contributed by atoms with van der Waals surface area (Å²) >= 11 is 0. The van der Waals surface area contributed by atoms with Crippen LogP contribution in [0.4, 0.5) is 0 Å². The first kappa shape index (κ1) is 10.2. The quantitative estimate of drug-likeness (QED) is 0.273. The van der Waals surface area contributed by atoms with Crippen LogP contribution >= 0.6 is 0 Å². The monoisotopic (exact) mass is 120 g/mol. The summed E-state index contributed by atoms with van der Waals surface area (Å²) in [6, 6.07) is 0. The normalized spacial score (nSPS) is 5.88. The van der Waals surface area contributed by atoms with Crippen molar-refractivity contribution in [2.75, 3.05) is 14.2 Å². The van der Waals surface area contributed by atoms with Crippen molar-refractivity contribution >= 4 is 12.3 Å². The number of aliphatic hydroxyl groups is 1. The van der Waals surface area contributed by atoms with Crippen LogP contribution in [-0.4, -0.2) is 31.6 Å². The van der Waals surface area contributed by atoms with E-state index in [1.807, 2.05) is 0 Å². The van der Waals surface area contributed by atoms with Crippen molar-refractivity contribution in [1.82, 2.24) is 0 Å². The number of esters is 1. The molecule has 0 unspecified atom stereocenters. The second-order valence-corrected chi connectivity index (χ2v) is 0.641. The highest BCUT2D eigenvalue weighted by Crippen LogP contribution is 1.58. The average molecular weight is 120 g/mol. The Bertz CT molecular complexity index is 68.4. The molecule has 4 heteroatoms. The standard InChI is InChI=1S/C3H4O3.CH4O/c1-6-3(5)2-4;1-2/h2H,1H3;2H,1H3. The van der Waals surface area contributed by atoms with Gasteiger partial charge in [0.25, 0.3) is 0 Å². The summed E-state index contributed by atoms with van der Waals surface area (Å²) in [5.41, 5.74) is 0. The second kappa shape index (κ2) is 9.44. The van der Waals surface area contributed by atoms with Crippen LogP contribution in [0.5, 0.6) is 0 Å². The van der Waals surface area contributed by atoms with Crippen LogP contribution in [-0.2, 0) is 14.3 Å². The molecule has 0 spiro atoms. The van der Waals surface area contributed by atoms with Crippen LogP contribution in [0.25, 0.3) is 0 Å². The first-order valence-corrected chi connectivity index (χ1v) is 1.79. The molecule has 0 aromatic rings. The third-order valence-corrected chi connectivity index (χ3v) is 0.297. The maximum absolute atomic E-state index is 9.59. The van der Waals surface area contributed by atoms with Crippen molar-refractivity contribution in [2.24, 2.45) is 0 Å². The molecule has 0 amide bonds. The minimum absolute atomic E-state index is 0.111. The van der Waals surface area contributed by atoms with Gasteiger partial charge in [-0.25, -0.2) is 4.79 Å². The van der Waals surface area contributed by atoms with Crippen molar-refractivity contribution in [1.29, 1.82) is 0 Å². The summed E-state index contributed by atoms with van der Waals surface area (Å²) in [5.74, 6) is -0.838. The lowest BCUT2D eigenvalue weighted by atomic mass is 10.8. The Labute approximate surface area is 47.1 Å². The average Bonchev–Trinajstić information content (AvgIpc) is 1.91. The van der Waals surface area contributed by atoms with E-state index in [1.165, 1.54) is 0 Å². The highest BCUT2D eigenvalue weighted by Gasteiger charge is 1.88. The summed E-state index contributed by atoms with van der Waals surface area (Å²) in [7, 11) is 2.15. The summed E-state index contributed by atoms with van der Waals surface area (Å²) < 4.78 is 3.89. The molecule has 0 aromatic carbocycles. The van der Waals surface area contributed by atoms with Crippen molar-refractivity contribution in [3.8, 4) is 0 Å². The summed E-state index contributed by atoms with van der Waals surface area (Å²) in [6.07, 6.45) is 0.111. The van der Waals surface area contributed by atoms with Crippen molar-refractivity contribution in [2.45, 2.75) is 0 Å². The highest BCUT2D eigenvalue weighted by atomic mass is 16.5. The smallest absolute Gasteiger partial charge is 0.371 e. The van der Waals surface area contributed by atoms with Gasteiger partial charge in [0.1, 0.15) is 0 Å². The molecular weight excluding hydrogens is 112 g/mol. The molecule has 0 radical (unpaired) electrons. The van der Waals surface area contributed by atoms with E-state index in [2.05, 4.69) is 4.74 Å². The van der Waals surface area contributed by atoms with Gasteiger partial charge in [0.2, 0.25) is 6.29 Å². The topological polar surface area (TPSA) is 63.6 Å². The second-order valence-electron chi connectivity index (χ2n) is 0.641. The van der Waals surface area contributed by atoms with E-state index in [9.17, 15) is 9.59 Å². The number of ether oxygens (including phenoxy) is 1. The third-order valence-electron chi connectivity index (χ3n) is 0.297. The van der Waals surface area contributed by atoms with Gasteiger partial charge in [-0.05, 0) is 0 Å². The molecule has 0 atom stereocenters. The molecule has 0 fully saturated rings. The van der Waals surface area contributed by atoms with Gasteiger partial charge in [0.05, 0.1) is 7.11 Å². The SMILES string of the molecule is CO.COC(=O)C=O. The maximum Gasteiger partial charge on any atom is 0.371 e. The maximum atomic E-state index is 9.59. The third kappa shape index (κ3) is 8.92. The van der Waals surface area contributed by atoms with Crippen LogP contribution in [0.15, 0.2) is 0 Å². The summed E-state index contributed by atoms with van der Waals surface area (Å²) in [4.78, 5) is 18.9. The number of carbonyl (C=O) groups is 2. The fourth-order valence-electron chi connectivity index (χ4n) is 0.0481. The Hall–Kier alpha value is -0.900. The number of carbonyl (C=O) groups excluding carboxylic acids is 2. The van der Waals surface area contributed by atoms with Gasteiger partial charge >= 0.3 is 5.97 Å². The first-order valence-electron chi connectivity index (χ1n) is 1.79. The van der Waals surface area contributed by atoms with Gasteiger partial charge in [-0.15, -0.1) is 0 Å². The summed E-state index contributed by atoms with van der Waals surface area (Å²) in [6.45, 7) is 0. The molecule has 8 heavy (non-hydrogen) atoms. The largest absolute Gasteiger partial charge is 0.463 e. The molecule has 0 aliphatic carbocycles. The van der Waals surface area contributed by atoms with E-state index >= 15 is 0 Å². The van der Waals surface area contributed by atoms with Crippen LogP contribution in [0.2, 0.25) is 0 Å². The molecular formula is C4H8O4. The van der Waals surface area contributed by atoms with Gasteiger partial charge in [-0.3, -0.25) is 4.79 Å². The zero-order chi connectivity index (χ0) is 6.99. The Morgan fingerprint density at radius 2 is 2.00 bits per heavy atom. The van der Waals surface area contributed by atoms with E-state index in [0.29, 0.717) is 0 Å². The van der Waals surface area contributed by atoms with Crippen molar-refractivity contribution in [3.05, 3.63) is 0 Å². The van der Waals surface area contributed by atoms with Gasteiger partial charge in [0.15, 0.2) is 0 Å². The van der Waals surface area contributed by atoms with E-state index < -0.39 is 5.97 Å². The van der Waals surface area contributed by atoms with Crippen LogP contribution < -0.4 is 0 Å². The Balaban J connectivity index is 0. The minimum atomic E-state index is -0.838. The molecule has 48 valence electrons. The molecule has 0 bridgehead atoms. The van der Waals surface area contributed by atoms with E-state index in [1.54, 1.807) is 0 Å². The lowest BCUT2D eigenvalue weighted by Gasteiger charge is -1.79. The zero-order valence-corrected chi connectivity index (χ0v) is 4.75. The highest BCUT2D eigenvalue weighted by molar-refractivity contribution is 6.20. The Morgan fingerprint density at radius 3 is 2.00 bits per heavy atom. The molecule has 4 nitrogen and oxygen atoms in total.